The summed E-state index contributed by atoms with van der Waals surface area (Å²) < 4.78 is 1.16. The van der Waals surface area contributed by atoms with Gasteiger partial charge in [-0.3, -0.25) is 4.90 Å². The van der Waals surface area contributed by atoms with Crippen LogP contribution >= 0.6 is 15.9 Å². The molecule has 0 saturated carbocycles. The van der Waals surface area contributed by atoms with Crippen LogP contribution in [-0.4, -0.2) is 42.5 Å². The van der Waals surface area contributed by atoms with E-state index in [1.807, 2.05) is 12.1 Å². The Kier molecular flexibility index (Phi) is 4.42. The smallest absolute Gasteiger partial charge is 0.0318 e. The van der Waals surface area contributed by atoms with E-state index < -0.39 is 0 Å². The molecule has 1 aromatic carbocycles. The zero-order valence-corrected chi connectivity index (χ0v) is 11.9. The van der Waals surface area contributed by atoms with E-state index >= 15 is 0 Å². The maximum atomic E-state index is 5.83. The Balaban J connectivity index is 1.95. The minimum absolute atomic E-state index is 0.843. The highest BCUT2D eigenvalue weighted by Crippen LogP contribution is 2.21. The highest BCUT2D eigenvalue weighted by Gasteiger charge is 2.16. The SMILES string of the molecule is CCN1CCN(Cc2cc(N)ccc2Br)CC1. The molecule has 2 rings (SSSR count). The van der Waals surface area contributed by atoms with Crippen LogP contribution in [0.4, 0.5) is 5.69 Å². The summed E-state index contributed by atoms with van der Waals surface area (Å²) in [6, 6.07) is 6.03. The van der Waals surface area contributed by atoms with Crippen LogP contribution in [0.3, 0.4) is 0 Å². The highest BCUT2D eigenvalue weighted by molar-refractivity contribution is 9.10. The zero-order valence-electron chi connectivity index (χ0n) is 10.3. The summed E-state index contributed by atoms with van der Waals surface area (Å²) >= 11 is 3.59. The minimum atomic E-state index is 0.843. The molecule has 0 aliphatic carbocycles. The van der Waals surface area contributed by atoms with Crippen LogP contribution in [0.25, 0.3) is 0 Å². The molecule has 17 heavy (non-hydrogen) atoms. The molecule has 1 fully saturated rings. The topological polar surface area (TPSA) is 32.5 Å². The first-order valence-electron chi connectivity index (χ1n) is 6.17. The van der Waals surface area contributed by atoms with Gasteiger partial charge in [0.25, 0.3) is 0 Å². The third-order valence-electron chi connectivity index (χ3n) is 3.38. The molecule has 0 atom stereocenters. The van der Waals surface area contributed by atoms with Gasteiger partial charge in [0.2, 0.25) is 0 Å². The van der Waals surface area contributed by atoms with Gasteiger partial charge in [-0.15, -0.1) is 0 Å². The lowest BCUT2D eigenvalue weighted by Crippen LogP contribution is -2.45. The Labute approximate surface area is 112 Å². The van der Waals surface area contributed by atoms with E-state index in [-0.39, 0.29) is 0 Å². The summed E-state index contributed by atoms with van der Waals surface area (Å²) in [6.45, 7) is 9.03. The van der Waals surface area contributed by atoms with Crippen molar-refractivity contribution in [3.63, 3.8) is 0 Å². The summed E-state index contributed by atoms with van der Waals surface area (Å²) in [5.74, 6) is 0. The van der Waals surface area contributed by atoms with Gasteiger partial charge in [-0.2, -0.15) is 0 Å². The van der Waals surface area contributed by atoms with Gasteiger partial charge in [0, 0.05) is 42.9 Å². The predicted octanol–water partition coefficient (Wildman–Crippen LogP) is 2.17. The first-order valence-corrected chi connectivity index (χ1v) is 6.97. The number of likely N-dealkylation sites (N-methyl/N-ethyl adjacent to an activating group) is 1. The zero-order chi connectivity index (χ0) is 12.3. The van der Waals surface area contributed by atoms with Gasteiger partial charge >= 0.3 is 0 Å². The summed E-state index contributed by atoms with van der Waals surface area (Å²) in [6.07, 6.45) is 0. The molecular weight excluding hydrogens is 278 g/mol. The maximum Gasteiger partial charge on any atom is 0.0318 e. The lowest BCUT2D eigenvalue weighted by molar-refractivity contribution is 0.132. The van der Waals surface area contributed by atoms with Gasteiger partial charge in [-0.25, -0.2) is 0 Å². The fourth-order valence-corrected chi connectivity index (χ4v) is 2.59. The quantitative estimate of drug-likeness (QED) is 0.868. The van der Waals surface area contributed by atoms with Crippen molar-refractivity contribution in [3.8, 4) is 0 Å². The lowest BCUT2D eigenvalue weighted by Gasteiger charge is -2.34. The Morgan fingerprint density at radius 1 is 1.18 bits per heavy atom. The number of hydrogen-bond acceptors (Lipinski definition) is 3. The number of hydrogen-bond donors (Lipinski definition) is 1. The second-order valence-corrected chi connectivity index (χ2v) is 5.42. The number of rotatable bonds is 3. The van der Waals surface area contributed by atoms with E-state index in [4.69, 9.17) is 5.73 Å². The van der Waals surface area contributed by atoms with Gasteiger partial charge in [0.05, 0.1) is 0 Å². The summed E-state index contributed by atoms with van der Waals surface area (Å²) in [7, 11) is 0. The highest BCUT2D eigenvalue weighted by atomic mass is 79.9. The van der Waals surface area contributed by atoms with Crippen LogP contribution in [0.5, 0.6) is 0 Å². The number of halogens is 1. The Hall–Kier alpha value is -0.580. The van der Waals surface area contributed by atoms with Crippen molar-refractivity contribution in [1.82, 2.24) is 9.80 Å². The predicted molar refractivity (Wildman–Crippen MR) is 75.9 cm³/mol. The average molecular weight is 298 g/mol. The fraction of sp³-hybridized carbons (Fsp3) is 0.538. The Bertz CT molecular complexity index is 373. The van der Waals surface area contributed by atoms with Crippen LogP contribution in [0, 0.1) is 0 Å². The first kappa shape index (κ1) is 12.9. The van der Waals surface area contributed by atoms with Gasteiger partial charge in [-0.05, 0) is 30.3 Å². The Morgan fingerprint density at radius 2 is 1.82 bits per heavy atom. The number of benzene rings is 1. The lowest BCUT2D eigenvalue weighted by atomic mass is 10.2. The van der Waals surface area contributed by atoms with E-state index in [2.05, 4.69) is 38.7 Å². The number of piperazine rings is 1. The molecule has 1 aliphatic heterocycles. The molecule has 1 heterocycles. The van der Waals surface area contributed by atoms with Crippen molar-refractivity contribution < 1.29 is 0 Å². The summed E-state index contributed by atoms with van der Waals surface area (Å²) in [4.78, 5) is 4.98. The normalized spacial score (nSPS) is 18.5. The standard InChI is InChI=1S/C13H20BrN3/c1-2-16-5-7-17(8-6-16)10-11-9-12(15)3-4-13(11)14/h3-4,9H,2,5-8,10,15H2,1H3. The average Bonchev–Trinajstić information content (AvgIpc) is 2.35. The van der Waals surface area contributed by atoms with Gasteiger partial charge in [0.15, 0.2) is 0 Å². The van der Waals surface area contributed by atoms with Crippen molar-refractivity contribution in [3.05, 3.63) is 28.2 Å². The minimum Gasteiger partial charge on any atom is -0.399 e. The second-order valence-electron chi connectivity index (χ2n) is 4.56. The summed E-state index contributed by atoms with van der Waals surface area (Å²) in [5.41, 5.74) is 7.96. The molecule has 1 saturated heterocycles. The van der Waals surface area contributed by atoms with E-state index in [9.17, 15) is 0 Å². The van der Waals surface area contributed by atoms with Crippen LogP contribution < -0.4 is 5.73 Å². The molecule has 0 aromatic heterocycles. The largest absolute Gasteiger partial charge is 0.399 e. The third-order valence-corrected chi connectivity index (χ3v) is 4.15. The molecular formula is C13H20BrN3. The van der Waals surface area contributed by atoms with Crippen LogP contribution in [0.1, 0.15) is 12.5 Å². The number of nitrogens with zero attached hydrogens (tertiary/aromatic N) is 2. The third kappa shape index (κ3) is 3.44. The fourth-order valence-electron chi connectivity index (χ4n) is 2.22. The Morgan fingerprint density at radius 3 is 2.47 bits per heavy atom. The summed E-state index contributed by atoms with van der Waals surface area (Å²) in [5, 5.41) is 0. The molecule has 0 bridgehead atoms. The van der Waals surface area contributed by atoms with Crippen molar-refractivity contribution in [2.24, 2.45) is 0 Å². The van der Waals surface area contributed by atoms with E-state index in [1.165, 1.54) is 18.7 Å². The molecule has 0 spiro atoms. The molecule has 0 unspecified atom stereocenters. The number of anilines is 1. The maximum absolute atomic E-state index is 5.83. The van der Waals surface area contributed by atoms with Crippen molar-refractivity contribution in [2.45, 2.75) is 13.5 Å². The van der Waals surface area contributed by atoms with E-state index in [0.29, 0.717) is 0 Å². The van der Waals surface area contributed by atoms with Crippen LogP contribution in [0.2, 0.25) is 0 Å². The molecule has 4 heteroatoms. The molecule has 1 aromatic rings. The van der Waals surface area contributed by atoms with Crippen molar-refractivity contribution in [2.75, 3.05) is 38.5 Å². The molecule has 1 aliphatic rings. The van der Waals surface area contributed by atoms with Gasteiger partial charge < -0.3 is 10.6 Å². The molecule has 3 nitrogen and oxygen atoms in total. The van der Waals surface area contributed by atoms with Crippen LogP contribution in [-0.2, 0) is 6.54 Å². The molecule has 0 amide bonds. The van der Waals surface area contributed by atoms with E-state index in [0.717, 1.165) is 36.3 Å². The first-order chi connectivity index (χ1) is 8.19. The monoisotopic (exact) mass is 297 g/mol. The van der Waals surface area contributed by atoms with Crippen LogP contribution in [0.15, 0.2) is 22.7 Å². The number of nitrogen functional groups attached to an aromatic ring is 1. The molecule has 94 valence electrons. The van der Waals surface area contributed by atoms with Gasteiger partial charge in [-0.1, -0.05) is 22.9 Å². The number of nitrogens with two attached hydrogens (primary N) is 1. The molecule has 0 radical (unpaired) electrons. The molecule has 2 N–H and O–H groups in total. The second kappa shape index (κ2) is 5.85. The van der Waals surface area contributed by atoms with E-state index in [1.54, 1.807) is 0 Å². The van der Waals surface area contributed by atoms with Crippen molar-refractivity contribution >= 4 is 21.6 Å². The van der Waals surface area contributed by atoms with Crippen molar-refractivity contribution in [1.29, 1.82) is 0 Å². The van der Waals surface area contributed by atoms with Gasteiger partial charge in [0.1, 0.15) is 0 Å².